The number of hydrogen-bond donors (Lipinski definition) is 1. The molecule has 2 rings (SSSR count). The van der Waals surface area contributed by atoms with Crippen molar-refractivity contribution in [3.05, 3.63) is 47.4 Å². The lowest BCUT2D eigenvalue weighted by atomic mass is 10.1. The zero-order chi connectivity index (χ0) is 15.2. The maximum absolute atomic E-state index is 13.9. The molecule has 0 aliphatic carbocycles. The van der Waals surface area contributed by atoms with Gasteiger partial charge in [-0.1, -0.05) is 36.8 Å². The Morgan fingerprint density at radius 2 is 1.95 bits per heavy atom. The van der Waals surface area contributed by atoms with Gasteiger partial charge >= 0.3 is 0 Å². The van der Waals surface area contributed by atoms with E-state index in [0.29, 0.717) is 18.3 Å². The number of aryl methyl sites for hydroxylation is 1. The third-order valence-electron chi connectivity index (χ3n) is 3.16. The zero-order valence-electron chi connectivity index (χ0n) is 12.7. The van der Waals surface area contributed by atoms with E-state index in [9.17, 15) is 4.39 Å². The molecule has 21 heavy (non-hydrogen) atoms. The van der Waals surface area contributed by atoms with Crippen molar-refractivity contribution in [2.75, 3.05) is 23.8 Å². The van der Waals surface area contributed by atoms with Crippen LogP contribution >= 0.6 is 0 Å². The van der Waals surface area contributed by atoms with E-state index >= 15 is 0 Å². The summed E-state index contributed by atoms with van der Waals surface area (Å²) < 4.78 is 13.9. The third-order valence-corrected chi connectivity index (χ3v) is 3.16. The SMILES string of the molecule is CCCNc1ncc(F)c(N(C)Cc2ccc(C)cc2)n1. The molecule has 0 atom stereocenters. The number of aromatic nitrogens is 2. The van der Waals surface area contributed by atoms with Crippen molar-refractivity contribution in [3.8, 4) is 0 Å². The Morgan fingerprint density at radius 3 is 2.62 bits per heavy atom. The minimum Gasteiger partial charge on any atom is -0.354 e. The molecule has 5 heteroatoms. The van der Waals surface area contributed by atoms with E-state index < -0.39 is 5.82 Å². The minimum absolute atomic E-state index is 0.309. The van der Waals surface area contributed by atoms with Gasteiger partial charge in [0.05, 0.1) is 6.20 Å². The summed E-state index contributed by atoms with van der Waals surface area (Å²) in [7, 11) is 1.83. The number of hydrogen-bond acceptors (Lipinski definition) is 4. The summed E-state index contributed by atoms with van der Waals surface area (Å²) in [4.78, 5) is 10.00. The molecule has 4 nitrogen and oxygen atoms in total. The summed E-state index contributed by atoms with van der Waals surface area (Å²) in [6.45, 7) is 5.47. The number of rotatable bonds is 6. The summed E-state index contributed by atoms with van der Waals surface area (Å²) in [6.07, 6.45) is 2.18. The van der Waals surface area contributed by atoms with Gasteiger partial charge in [0.2, 0.25) is 5.95 Å². The van der Waals surface area contributed by atoms with Crippen molar-refractivity contribution < 1.29 is 4.39 Å². The first-order valence-corrected chi connectivity index (χ1v) is 7.13. The predicted molar refractivity (Wildman–Crippen MR) is 84.1 cm³/mol. The number of nitrogens with one attached hydrogen (secondary N) is 1. The summed E-state index contributed by atoms with van der Waals surface area (Å²) >= 11 is 0. The molecule has 1 N–H and O–H groups in total. The number of nitrogens with zero attached hydrogens (tertiary/aromatic N) is 3. The average Bonchev–Trinajstić information content (AvgIpc) is 2.48. The van der Waals surface area contributed by atoms with Crippen molar-refractivity contribution in [1.82, 2.24) is 9.97 Å². The van der Waals surface area contributed by atoms with Gasteiger partial charge in [0, 0.05) is 20.1 Å². The molecule has 0 saturated carbocycles. The molecule has 0 radical (unpaired) electrons. The first kappa shape index (κ1) is 15.2. The van der Waals surface area contributed by atoms with Gasteiger partial charge < -0.3 is 10.2 Å². The normalized spacial score (nSPS) is 10.5. The van der Waals surface area contributed by atoms with Gasteiger partial charge in [-0.3, -0.25) is 0 Å². The van der Waals surface area contributed by atoms with E-state index in [0.717, 1.165) is 18.5 Å². The van der Waals surface area contributed by atoms with E-state index in [1.807, 2.05) is 38.2 Å². The molecule has 0 fully saturated rings. The smallest absolute Gasteiger partial charge is 0.224 e. The summed E-state index contributed by atoms with van der Waals surface area (Å²) in [5.74, 6) is 0.361. The second-order valence-corrected chi connectivity index (χ2v) is 5.13. The fourth-order valence-corrected chi connectivity index (χ4v) is 1.99. The zero-order valence-corrected chi connectivity index (χ0v) is 12.7. The van der Waals surface area contributed by atoms with E-state index in [4.69, 9.17) is 0 Å². The summed E-state index contributed by atoms with van der Waals surface area (Å²) in [5, 5.41) is 3.07. The highest BCUT2D eigenvalue weighted by Gasteiger charge is 2.12. The van der Waals surface area contributed by atoms with Gasteiger partial charge in [0.1, 0.15) is 0 Å². The van der Waals surface area contributed by atoms with Gasteiger partial charge in [-0.2, -0.15) is 4.98 Å². The van der Waals surface area contributed by atoms with Gasteiger partial charge in [0.25, 0.3) is 0 Å². The van der Waals surface area contributed by atoms with E-state index in [1.165, 1.54) is 11.8 Å². The Labute approximate surface area is 125 Å². The molecule has 1 aromatic heterocycles. The quantitative estimate of drug-likeness (QED) is 0.884. The maximum Gasteiger partial charge on any atom is 0.224 e. The molecule has 0 saturated heterocycles. The number of halogens is 1. The molecule has 0 aliphatic heterocycles. The van der Waals surface area contributed by atoms with E-state index in [1.54, 1.807) is 4.90 Å². The van der Waals surface area contributed by atoms with Gasteiger partial charge in [-0.05, 0) is 18.9 Å². The molecular formula is C16H21FN4. The minimum atomic E-state index is -0.410. The van der Waals surface area contributed by atoms with E-state index in [-0.39, 0.29) is 0 Å². The Balaban J connectivity index is 2.13. The van der Waals surface area contributed by atoms with Crippen molar-refractivity contribution in [2.24, 2.45) is 0 Å². The lowest BCUT2D eigenvalue weighted by Gasteiger charge is -2.19. The van der Waals surface area contributed by atoms with Crippen LogP contribution in [0.25, 0.3) is 0 Å². The van der Waals surface area contributed by atoms with Crippen molar-refractivity contribution >= 4 is 11.8 Å². The standard InChI is InChI=1S/C16H21FN4/c1-4-9-18-16-19-10-14(17)15(20-16)21(3)11-13-7-5-12(2)6-8-13/h5-8,10H,4,9,11H2,1-3H3,(H,18,19,20). The highest BCUT2D eigenvalue weighted by atomic mass is 19.1. The Kier molecular flexibility index (Phi) is 5.09. The van der Waals surface area contributed by atoms with Crippen LogP contribution in [-0.2, 0) is 6.54 Å². The molecular weight excluding hydrogens is 267 g/mol. The van der Waals surface area contributed by atoms with Crippen LogP contribution in [0.1, 0.15) is 24.5 Å². The first-order valence-electron chi connectivity index (χ1n) is 7.13. The molecule has 112 valence electrons. The Bertz CT molecular complexity index is 583. The van der Waals surface area contributed by atoms with Crippen LogP contribution in [-0.4, -0.2) is 23.6 Å². The van der Waals surface area contributed by atoms with Gasteiger partial charge in [-0.15, -0.1) is 0 Å². The van der Waals surface area contributed by atoms with Crippen LogP contribution in [0.3, 0.4) is 0 Å². The highest BCUT2D eigenvalue weighted by Crippen LogP contribution is 2.18. The molecule has 0 aliphatic rings. The lowest BCUT2D eigenvalue weighted by Crippen LogP contribution is -2.20. The fourth-order valence-electron chi connectivity index (χ4n) is 1.99. The van der Waals surface area contributed by atoms with Crippen LogP contribution in [0.5, 0.6) is 0 Å². The fraction of sp³-hybridized carbons (Fsp3) is 0.375. The third kappa shape index (κ3) is 4.15. The Hall–Kier alpha value is -2.17. The van der Waals surface area contributed by atoms with Crippen molar-refractivity contribution in [3.63, 3.8) is 0 Å². The second kappa shape index (κ2) is 7.02. The van der Waals surface area contributed by atoms with Crippen LogP contribution in [0, 0.1) is 12.7 Å². The number of benzene rings is 1. The van der Waals surface area contributed by atoms with Crippen LogP contribution in [0.4, 0.5) is 16.2 Å². The lowest BCUT2D eigenvalue weighted by molar-refractivity contribution is 0.607. The van der Waals surface area contributed by atoms with Crippen molar-refractivity contribution in [1.29, 1.82) is 0 Å². The Morgan fingerprint density at radius 1 is 1.24 bits per heavy atom. The summed E-state index contributed by atoms with van der Waals surface area (Å²) in [5.41, 5.74) is 2.32. The topological polar surface area (TPSA) is 41.1 Å². The highest BCUT2D eigenvalue weighted by molar-refractivity contribution is 5.44. The van der Waals surface area contributed by atoms with Crippen LogP contribution in [0.15, 0.2) is 30.5 Å². The molecule has 0 bridgehead atoms. The van der Waals surface area contributed by atoms with Crippen LogP contribution < -0.4 is 10.2 Å². The molecule has 0 amide bonds. The predicted octanol–water partition coefficient (Wildman–Crippen LogP) is 3.38. The first-order chi connectivity index (χ1) is 10.1. The molecule has 1 heterocycles. The average molecular weight is 288 g/mol. The maximum atomic E-state index is 13.9. The number of anilines is 2. The van der Waals surface area contributed by atoms with Crippen molar-refractivity contribution in [2.45, 2.75) is 26.8 Å². The summed E-state index contributed by atoms with van der Waals surface area (Å²) in [6, 6.07) is 8.18. The largest absolute Gasteiger partial charge is 0.354 e. The molecule has 0 spiro atoms. The van der Waals surface area contributed by atoms with Crippen LogP contribution in [0.2, 0.25) is 0 Å². The second-order valence-electron chi connectivity index (χ2n) is 5.13. The monoisotopic (exact) mass is 288 g/mol. The molecule has 1 aromatic carbocycles. The van der Waals surface area contributed by atoms with Gasteiger partial charge in [-0.25, -0.2) is 9.37 Å². The molecule has 2 aromatic rings. The van der Waals surface area contributed by atoms with E-state index in [2.05, 4.69) is 22.2 Å². The molecule has 0 unspecified atom stereocenters. The van der Waals surface area contributed by atoms with Gasteiger partial charge in [0.15, 0.2) is 11.6 Å².